The molecule has 0 aliphatic heterocycles. The Labute approximate surface area is 150 Å². The number of halogens is 6. The number of alkyl halides is 6. The predicted octanol–water partition coefficient (Wildman–Crippen LogP) is 5.41. The Balaban J connectivity index is 2.34. The first kappa shape index (κ1) is 20.4. The average molecular weight is 392 g/mol. The van der Waals surface area contributed by atoms with Gasteiger partial charge in [-0.2, -0.15) is 26.3 Å². The van der Waals surface area contributed by atoms with Gasteiger partial charge in [-0.25, -0.2) is 4.79 Å². The monoisotopic (exact) mass is 392 g/mol. The van der Waals surface area contributed by atoms with Crippen LogP contribution in [0.15, 0.2) is 36.4 Å². The first-order valence-electron chi connectivity index (χ1n) is 7.43. The third-order valence-electron chi connectivity index (χ3n) is 3.72. The molecule has 0 bridgehead atoms. The predicted molar refractivity (Wildman–Crippen MR) is 86.7 cm³/mol. The summed E-state index contributed by atoms with van der Waals surface area (Å²) in [5.74, 6) is -0.120. The molecule has 0 aliphatic rings. The molecule has 146 valence electrons. The molecule has 0 atom stereocenters. The molecule has 2 amide bonds. The lowest BCUT2D eigenvalue weighted by Gasteiger charge is -2.20. The van der Waals surface area contributed by atoms with Gasteiger partial charge < -0.3 is 10.4 Å². The smallest absolute Gasteiger partial charge is 0.416 e. The third kappa shape index (κ3) is 4.83. The SMILES string of the molecule is Cc1ccc(N(C)C(=O)Nc2cc(C(F)(F)F)cc(C(F)(F)F)c2)cc1O. The topological polar surface area (TPSA) is 52.6 Å². The van der Waals surface area contributed by atoms with E-state index in [0.717, 1.165) is 4.90 Å². The van der Waals surface area contributed by atoms with Gasteiger partial charge in [-0.1, -0.05) is 6.07 Å². The highest BCUT2D eigenvalue weighted by molar-refractivity contribution is 6.01. The molecule has 10 heteroatoms. The first-order chi connectivity index (χ1) is 12.3. The molecule has 4 nitrogen and oxygen atoms in total. The van der Waals surface area contributed by atoms with Crippen molar-refractivity contribution in [2.75, 3.05) is 17.3 Å². The average Bonchev–Trinajstić information content (AvgIpc) is 2.54. The van der Waals surface area contributed by atoms with E-state index in [1.54, 1.807) is 6.92 Å². The van der Waals surface area contributed by atoms with Crippen LogP contribution in [0.25, 0.3) is 0 Å². The Morgan fingerprint density at radius 2 is 1.48 bits per heavy atom. The van der Waals surface area contributed by atoms with E-state index in [-0.39, 0.29) is 17.5 Å². The zero-order valence-corrected chi connectivity index (χ0v) is 14.0. The molecule has 0 aliphatic carbocycles. The maximum atomic E-state index is 12.9. The molecule has 0 unspecified atom stereocenters. The van der Waals surface area contributed by atoms with Crippen LogP contribution >= 0.6 is 0 Å². The van der Waals surface area contributed by atoms with Gasteiger partial charge in [0.05, 0.1) is 11.1 Å². The number of nitrogens with one attached hydrogen (secondary N) is 1. The summed E-state index contributed by atoms with van der Waals surface area (Å²) in [5, 5.41) is 11.7. The van der Waals surface area contributed by atoms with Gasteiger partial charge in [-0.05, 0) is 36.8 Å². The number of benzene rings is 2. The summed E-state index contributed by atoms with van der Waals surface area (Å²) in [6.07, 6.45) is -10.0. The summed E-state index contributed by atoms with van der Waals surface area (Å²) in [6.45, 7) is 1.61. The minimum atomic E-state index is -5.02. The van der Waals surface area contributed by atoms with Crippen molar-refractivity contribution in [3.8, 4) is 5.75 Å². The normalized spacial score (nSPS) is 12.0. The van der Waals surface area contributed by atoms with Crippen molar-refractivity contribution in [2.45, 2.75) is 19.3 Å². The van der Waals surface area contributed by atoms with Crippen molar-refractivity contribution in [1.29, 1.82) is 0 Å². The molecule has 0 saturated heterocycles. The minimum absolute atomic E-state index is 0.0304. The molecule has 0 spiro atoms. The Hall–Kier alpha value is -2.91. The number of hydrogen-bond donors (Lipinski definition) is 2. The van der Waals surface area contributed by atoms with Gasteiger partial charge in [0.25, 0.3) is 0 Å². The summed E-state index contributed by atoms with van der Waals surface area (Å²) in [6, 6.07) is 4.01. The molecule has 2 aromatic carbocycles. The van der Waals surface area contributed by atoms with Gasteiger partial charge in [-0.15, -0.1) is 0 Å². The zero-order valence-electron chi connectivity index (χ0n) is 14.0. The van der Waals surface area contributed by atoms with E-state index in [0.29, 0.717) is 17.7 Å². The number of amides is 2. The Morgan fingerprint density at radius 3 is 1.93 bits per heavy atom. The number of urea groups is 1. The number of carbonyl (C=O) groups excluding carboxylic acids is 1. The maximum Gasteiger partial charge on any atom is 0.416 e. The molecule has 0 fully saturated rings. The van der Waals surface area contributed by atoms with E-state index < -0.39 is 35.2 Å². The van der Waals surface area contributed by atoms with Gasteiger partial charge in [0, 0.05) is 24.5 Å². The third-order valence-corrected chi connectivity index (χ3v) is 3.72. The Bertz CT molecular complexity index is 829. The summed E-state index contributed by atoms with van der Waals surface area (Å²) in [5.41, 5.74) is -3.02. The van der Waals surface area contributed by atoms with Gasteiger partial charge in [0.2, 0.25) is 0 Å². The van der Waals surface area contributed by atoms with Crippen LogP contribution in [0.3, 0.4) is 0 Å². The van der Waals surface area contributed by atoms with Crippen molar-refractivity contribution >= 4 is 17.4 Å². The van der Waals surface area contributed by atoms with Crippen LogP contribution in [0.4, 0.5) is 42.5 Å². The number of aromatic hydroxyl groups is 1. The lowest BCUT2D eigenvalue weighted by atomic mass is 10.1. The molecule has 0 aromatic heterocycles. The number of phenolic OH excluding ortho intramolecular Hbond substituents is 1. The fraction of sp³-hybridized carbons (Fsp3) is 0.235. The van der Waals surface area contributed by atoms with E-state index in [1.165, 1.54) is 25.2 Å². The number of hydrogen-bond acceptors (Lipinski definition) is 2. The second-order valence-corrected chi connectivity index (χ2v) is 5.75. The van der Waals surface area contributed by atoms with Crippen LogP contribution < -0.4 is 10.2 Å². The fourth-order valence-corrected chi connectivity index (χ4v) is 2.16. The van der Waals surface area contributed by atoms with E-state index in [4.69, 9.17) is 0 Å². The number of carbonyl (C=O) groups is 1. The fourth-order valence-electron chi connectivity index (χ4n) is 2.16. The van der Waals surface area contributed by atoms with Gasteiger partial charge in [-0.3, -0.25) is 4.90 Å². The molecule has 0 radical (unpaired) electrons. The maximum absolute atomic E-state index is 12.9. The number of nitrogens with zero attached hydrogens (tertiary/aromatic N) is 1. The van der Waals surface area contributed by atoms with E-state index in [9.17, 15) is 36.2 Å². The zero-order chi connectivity index (χ0) is 20.6. The number of phenols is 1. The Kier molecular flexibility index (Phi) is 5.30. The first-order valence-corrected chi connectivity index (χ1v) is 7.43. The number of aryl methyl sites for hydroxylation is 1. The molecule has 27 heavy (non-hydrogen) atoms. The van der Waals surface area contributed by atoms with Gasteiger partial charge >= 0.3 is 18.4 Å². The van der Waals surface area contributed by atoms with Crippen LogP contribution in [0, 0.1) is 6.92 Å². The summed E-state index contributed by atoms with van der Waals surface area (Å²) >= 11 is 0. The summed E-state index contributed by atoms with van der Waals surface area (Å²) in [7, 11) is 1.25. The highest BCUT2D eigenvalue weighted by Crippen LogP contribution is 2.37. The van der Waals surface area contributed by atoms with E-state index in [2.05, 4.69) is 0 Å². The summed E-state index contributed by atoms with van der Waals surface area (Å²) < 4.78 is 77.2. The second kappa shape index (κ2) is 7.01. The molecule has 2 rings (SSSR count). The van der Waals surface area contributed by atoms with Gasteiger partial charge in [0.15, 0.2) is 0 Å². The molecular weight excluding hydrogens is 378 g/mol. The van der Waals surface area contributed by atoms with Crippen LogP contribution in [-0.2, 0) is 12.4 Å². The molecule has 0 saturated carbocycles. The Morgan fingerprint density at radius 1 is 0.963 bits per heavy atom. The molecule has 2 aromatic rings. The standard InChI is InChI=1S/C17H14F6N2O2/c1-9-3-4-13(8-14(9)26)25(2)15(27)24-12-6-10(16(18,19)20)5-11(7-12)17(21,22)23/h3-8,26H,1-2H3,(H,24,27). The van der Waals surface area contributed by atoms with Crippen molar-refractivity contribution in [1.82, 2.24) is 0 Å². The van der Waals surface area contributed by atoms with Crippen molar-refractivity contribution in [3.05, 3.63) is 53.1 Å². The number of anilines is 2. The van der Waals surface area contributed by atoms with Gasteiger partial charge in [0.1, 0.15) is 5.75 Å². The van der Waals surface area contributed by atoms with Crippen LogP contribution in [0.5, 0.6) is 5.75 Å². The number of rotatable bonds is 2. The quantitative estimate of drug-likeness (QED) is 0.672. The van der Waals surface area contributed by atoms with Crippen molar-refractivity contribution in [3.63, 3.8) is 0 Å². The lowest BCUT2D eigenvalue weighted by molar-refractivity contribution is -0.143. The molecular formula is C17H14F6N2O2. The minimum Gasteiger partial charge on any atom is -0.508 e. The van der Waals surface area contributed by atoms with Crippen LogP contribution in [0.1, 0.15) is 16.7 Å². The van der Waals surface area contributed by atoms with Crippen molar-refractivity contribution < 1.29 is 36.2 Å². The van der Waals surface area contributed by atoms with E-state index >= 15 is 0 Å². The molecule has 0 heterocycles. The summed E-state index contributed by atoms with van der Waals surface area (Å²) in [4.78, 5) is 13.1. The van der Waals surface area contributed by atoms with Crippen LogP contribution in [-0.4, -0.2) is 18.2 Å². The van der Waals surface area contributed by atoms with Crippen molar-refractivity contribution in [2.24, 2.45) is 0 Å². The second-order valence-electron chi connectivity index (χ2n) is 5.75. The van der Waals surface area contributed by atoms with Crippen LogP contribution in [0.2, 0.25) is 0 Å². The highest BCUT2D eigenvalue weighted by Gasteiger charge is 2.37. The van der Waals surface area contributed by atoms with E-state index in [1.807, 2.05) is 5.32 Å². The molecule has 2 N–H and O–H groups in total. The lowest BCUT2D eigenvalue weighted by Crippen LogP contribution is -2.31. The largest absolute Gasteiger partial charge is 0.508 e. The highest BCUT2D eigenvalue weighted by atomic mass is 19.4.